The molecule has 0 bridgehead atoms. The predicted octanol–water partition coefficient (Wildman–Crippen LogP) is 4.59. The number of methoxy groups -OCH3 is 1. The molecule has 3 rings (SSSR count). The Balaban J connectivity index is 2.27. The van der Waals surface area contributed by atoms with Crippen LogP contribution in [-0.2, 0) is 4.74 Å². The van der Waals surface area contributed by atoms with Crippen molar-refractivity contribution in [1.82, 2.24) is 0 Å². The fourth-order valence-electron chi connectivity index (χ4n) is 2.22. The van der Waals surface area contributed by atoms with E-state index < -0.39 is 0 Å². The first-order valence-electron chi connectivity index (χ1n) is 5.91. The summed E-state index contributed by atoms with van der Waals surface area (Å²) in [7, 11) is 1.66. The smallest absolute Gasteiger partial charge is 0.135 e. The zero-order valence-electron chi connectivity index (χ0n) is 10.4. The van der Waals surface area contributed by atoms with E-state index >= 15 is 0 Å². The van der Waals surface area contributed by atoms with Crippen LogP contribution in [0.3, 0.4) is 0 Å². The van der Waals surface area contributed by atoms with Gasteiger partial charge in [-0.2, -0.15) is 0 Å². The van der Waals surface area contributed by atoms with Crippen molar-refractivity contribution in [1.29, 1.82) is 0 Å². The molecular weight excluding hydrogens is 224 g/mol. The van der Waals surface area contributed by atoms with Crippen LogP contribution in [0.5, 0.6) is 0 Å². The molecule has 90 valence electrons. The maximum Gasteiger partial charge on any atom is 0.135 e. The molecule has 0 radical (unpaired) electrons. The summed E-state index contributed by atoms with van der Waals surface area (Å²) in [6, 6.07) is 14.3. The lowest BCUT2D eigenvalue weighted by Gasteiger charge is -2.01. The first-order chi connectivity index (χ1) is 8.79. The summed E-state index contributed by atoms with van der Waals surface area (Å²) >= 11 is 0. The van der Waals surface area contributed by atoms with Crippen LogP contribution < -0.4 is 0 Å². The first-order valence-corrected chi connectivity index (χ1v) is 5.91. The van der Waals surface area contributed by atoms with Crippen molar-refractivity contribution in [3.63, 3.8) is 0 Å². The second-order valence-electron chi connectivity index (χ2n) is 4.35. The van der Waals surface area contributed by atoms with Crippen molar-refractivity contribution < 1.29 is 9.15 Å². The highest BCUT2D eigenvalue weighted by molar-refractivity contribution is 6.05. The van der Waals surface area contributed by atoms with Crippen LogP contribution in [0, 0.1) is 0 Å². The van der Waals surface area contributed by atoms with Crippen molar-refractivity contribution >= 4 is 27.5 Å². The summed E-state index contributed by atoms with van der Waals surface area (Å²) in [6.45, 7) is 2.03. The molecule has 1 aromatic heterocycles. The van der Waals surface area contributed by atoms with Gasteiger partial charge in [-0.05, 0) is 36.3 Å². The van der Waals surface area contributed by atoms with Crippen molar-refractivity contribution in [2.24, 2.45) is 0 Å². The van der Waals surface area contributed by atoms with E-state index in [1.54, 1.807) is 13.4 Å². The van der Waals surface area contributed by atoms with Gasteiger partial charge in [-0.25, -0.2) is 0 Å². The molecule has 0 spiro atoms. The number of fused-ring (bicyclic) bond motifs is 3. The molecule has 0 fully saturated rings. The van der Waals surface area contributed by atoms with E-state index in [2.05, 4.69) is 18.2 Å². The molecule has 0 saturated heterocycles. The molecule has 2 nitrogen and oxygen atoms in total. The number of benzene rings is 2. The molecule has 0 aliphatic heterocycles. The third-order valence-electron chi connectivity index (χ3n) is 3.13. The molecular formula is C16H14O2. The van der Waals surface area contributed by atoms with E-state index in [0.29, 0.717) is 0 Å². The zero-order chi connectivity index (χ0) is 12.5. The third kappa shape index (κ3) is 1.66. The van der Waals surface area contributed by atoms with Crippen LogP contribution in [-0.4, -0.2) is 7.11 Å². The fourth-order valence-corrected chi connectivity index (χ4v) is 2.22. The van der Waals surface area contributed by atoms with Crippen molar-refractivity contribution in [3.8, 4) is 0 Å². The van der Waals surface area contributed by atoms with E-state index in [-0.39, 0.29) is 0 Å². The topological polar surface area (TPSA) is 22.4 Å². The largest absolute Gasteiger partial charge is 0.504 e. The first kappa shape index (κ1) is 10.9. The Morgan fingerprint density at radius 1 is 1.06 bits per heavy atom. The lowest BCUT2D eigenvalue weighted by molar-refractivity contribution is 0.339. The minimum absolute atomic E-state index is 0.921. The van der Waals surface area contributed by atoms with E-state index in [4.69, 9.17) is 9.15 Å². The van der Waals surface area contributed by atoms with Gasteiger partial charge in [0.15, 0.2) is 0 Å². The van der Waals surface area contributed by atoms with E-state index in [0.717, 1.165) is 33.1 Å². The maximum atomic E-state index is 5.80. The molecule has 1 heterocycles. The Morgan fingerprint density at radius 3 is 2.67 bits per heavy atom. The molecule has 0 aliphatic carbocycles. The number of hydrogen-bond acceptors (Lipinski definition) is 2. The number of rotatable bonds is 2. The average Bonchev–Trinajstić information content (AvgIpc) is 2.76. The van der Waals surface area contributed by atoms with Gasteiger partial charge in [0.25, 0.3) is 0 Å². The molecule has 2 aromatic carbocycles. The van der Waals surface area contributed by atoms with Gasteiger partial charge in [-0.15, -0.1) is 0 Å². The Kier molecular flexibility index (Phi) is 2.56. The van der Waals surface area contributed by atoms with Gasteiger partial charge in [-0.1, -0.05) is 24.3 Å². The molecule has 0 unspecified atom stereocenters. The monoisotopic (exact) mass is 238 g/mol. The van der Waals surface area contributed by atoms with Gasteiger partial charge in [0.2, 0.25) is 0 Å². The van der Waals surface area contributed by atoms with Crippen molar-refractivity contribution in [3.05, 3.63) is 54.3 Å². The highest BCUT2D eigenvalue weighted by Crippen LogP contribution is 2.30. The molecule has 0 saturated carbocycles. The standard InChI is InChI=1S/C16H14O2/c1-11(10-17-2)12-7-8-16-14(9-12)13-5-3-4-6-15(13)18-16/h3-10H,1-2H3. The number of furan rings is 1. The summed E-state index contributed by atoms with van der Waals surface area (Å²) in [5.74, 6) is 0. The third-order valence-corrected chi connectivity index (χ3v) is 3.13. The van der Waals surface area contributed by atoms with Crippen LogP contribution in [0.2, 0.25) is 0 Å². The Labute approximate surface area is 105 Å². The lowest BCUT2D eigenvalue weighted by Crippen LogP contribution is -1.80. The maximum absolute atomic E-state index is 5.80. The van der Waals surface area contributed by atoms with Crippen molar-refractivity contribution in [2.75, 3.05) is 7.11 Å². The quantitative estimate of drug-likeness (QED) is 0.609. The lowest BCUT2D eigenvalue weighted by atomic mass is 10.0. The van der Waals surface area contributed by atoms with Crippen molar-refractivity contribution in [2.45, 2.75) is 6.92 Å². The molecule has 3 aromatic rings. The molecule has 0 amide bonds. The number of para-hydroxylation sites is 1. The molecule has 0 atom stereocenters. The highest BCUT2D eigenvalue weighted by atomic mass is 16.5. The van der Waals surface area contributed by atoms with Crippen LogP contribution in [0.25, 0.3) is 27.5 Å². The van der Waals surface area contributed by atoms with Crippen LogP contribution >= 0.6 is 0 Å². The Morgan fingerprint density at radius 2 is 1.83 bits per heavy atom. The van der Waals surface area contributed by atoms with E-state index in [1.165, 1.54) is 0 Å². The average molecular weight is 238 g/mol. The number of hydrogen-bond donors (Lipinski definition) is 0. The second-order valence-corrected chi connectivity index (χ2v) is 4.35. The van der Waals surface area contributed by atoms with Crippen LogP contribution in [0.15, 0.2) is 53.1 Å². The summed E-state index contributed by atoms with van der Waals surface area (Å²) < 4.78 is 10.8. The van der Waals surface area contributed by atoms with Gasteiger partial charge in [0.1, 0.15) is 11.2 Å². The van der Waals surface area contributed by atoms with Gasteiger partial charge in [-0.3, -0.25) is 0 Å². The van der Waals surface area contributed by atoms with Gasteiger partial charge in [0, 0.05) is 10.8 Å². The highest BCUT2D eigenvalue weighted by Gasteiger charge is 2.07. The summed E-state index contributed by atoms with van der Waals surface area (Å²) in [5, 5.41) is 2.30. The molecule has 18 heavy (non-hydrogen) atoms. The van der Waals surface area contributed by atoms with Crippen LogP contribution in [0.4, 0.5) is 0 Å². The SMILES string of the molecule is COC=C(C)c1ccc2oc3ccccc3c2c1. The fraction of sp³-hybridized carbons (Fsp3) is 0.125. The number of allylic oxidation sites excluding steroid dienone is 1. The Hall–Kier alpha value is -2.22. The van der Waals surface area contributed by atoms with Gasteiger partial charge >= 0.3 is 0 Å². The number of ether oxygens (including phenoxy) is 1. The van der Waals surface area contributed by atoms with E-state index in [9.17, 15) is 0 Å². The molecule has 0 N–H and O–H groups in total. The molecule has 0 aliphatic rings. The summed E-state index contributed by atoms with van der Waals surface area (Å²) in [5.41, 5.74) is 4.10. The second kappa shape index (κ2) is 4.22. The van der Waals surface area contributed by atoms with Gasteiger partial charge < -0.3 is 9.15 Å². The zero-order valence-corrected chi connectivity index (χ0v) is 10.4. The summed E-state index contributed by atoms with van der Waals surface area (Å²) in [6.07, 6.45) is 1.75. The minimum atomic E-state index is 0.921. The van der Waals surface area contributed by atoms with E-state index in [1.807, 2.05) is 31.2 Å². The minimum Gasteiger partial charge on any atom is -0.504 e. The summed E-state index contributed by atoms with van der Waals surface area (Å²) in [4.78, 5) is 0. The molecule has 2 heteroatoms. The predicted molar refractivity (Wildman–Crippen MR) is 74.4 cm³/mol. The van der Waals surface area contributed by atoms with Crippen LogP contribution in [0.1, 0.15) is 12.5 Å². The Bertz CT molecular complexity index is 735. The normalized spacial score (nSPS) is 12.2. The van der Waals surface area contributed by atoms with Gasteiger partial charge in [0.05, 0.1) is 13.4 Å².